The molecular weight excluding hydrogens is 216 g/mol. The number of amides is 1. The van der Waals surface area contributed by atoms with Gasteiger partial charge in [-0.3, -0.25) is 4.90 Å². The molecule has 94 valence electrons. The molecule has 0 aromatic rings. The number of allylic oxidation sites excluding steroid dienone is 1. The molecular formula is C13H20N2O2. The number of nitriles is 1. The van der Waals surface area contributed by atoms with E-state index in [4.69, 9.17) is 10.00 Å². The van der Waals surface area contributed by atoms with E-state index >= 15 is 0 Å². The summed E-state index contributed by atoms with van der Waals surface area (Å²) < 4.78 is 5.29. The minimum Gasteiger partial charge on any atom is -0.444 e. The fourth-order valence-electron chi connectivity index (χ4n) is 1.92. The van der Waals surface area contributed by atoms with Gasteiger partial charge in [0, 0.05) is 6.54 Å². The van der Waals surface area contributed by atoms with E-state index in [0.717, 1.165) is 0 Å². The molecule has 0 bridgehead atoms. The Morgan fingerprint density at radius 2 is 2.18 bits per heavy atom. The van der Waals surface area contributed by atoms with Crippen LogP contribution in [0.5, 0.6) is 0 Å². The van der Waals surface area contributed by atoms with Crippen molar-refractivity contribution in [1.82, 2.24) is 4.90 Å². The minimum absolute atomic E-state index is 0.261. The van der Waals surface area contributed by atoms with Gasteiger partial charge in [-0.1, -0.05) is 12.2 Å². The van der Waals surface area contributed by atoms with Crippen molar-refractivity contribution in [3.8, 4) is 6.07 Å². The third kappa shape index (κ3) is 3.77. The number of nitrogens with zero attached hydrogens (tertiary/aromatic N) is 2. The highest BCUT2D eigenvalue weighted by molar-refractivity contribution is 5.69. The number of carbonyl (C=O) groups is 1. The molecule has 1 aliphatic rings. The van der Waals surface area contributed by atoms with Gasteiger partial charge in [0.05, 0.1) is 6.07 Å². The number of ether oxygens (including phenoxy) is 1. The van der Waals surface area contributed by atoms with Gasteiger partial charge in [-0.15, -0.1) is 0 Å². The summed E-state index contributed by atoms with van der Waals surface area (Å²) in [6.07, 6.45) is 4.29. The lowest BCUT2D eigenvalue weighted by Crippen LogP contribution is -2.39. The molecule has 0 saturated carbocycles. The maximum absolute atomic E-state index is 11.9. The van der Waals surface area contributed by atoms with E-state index in [1.165, 1.54) is 4.90 Å². The Hall–Kier alpha value is -1.50. The number of hydrogen-bond donors (Lipinski definition) is 0. The van der Waals surface area contributed by atoms with Crippen molar-refractivity contribution in [1.29, 1.82) is 5.26 Å². The monoisotopic (exact) mass is 236 g/mol. The van der Waals surface area contributed by atoms with Gasteiger partial charge in [0.25, 0.3) is 0 Å². The minimum atomic E-state index is -0.518. The zero-order valence-electron chi connectivity index (χ0n) is 10.9. The van der Waals surface area contributed by atoms with Crippen LogP contribution in [-0.2, 0) is 4.74 Å². The van der Waals surface area contributed by atoms with Crippen LogP contribution in [0.1, 0.15) is 34.1 Å². The van der Waals surface area contributed by atoms with Crippen LogP contribution in [0.3, 0.4) is 0 Å². The molecule has 0 aromatic carbocycles. The maximum atomic E-state index is 11.9. The Morgan fingerprint density at radius 3 is 2.65 bits per heavy atom. The lowest BCUT2D eigenvalue weighted by Gasteiger charge is -2.25. The predicted octanol–water partition coefficient (Wildman–Crippen LogP) is 2.71. The molecule has 4 heteroatoms. The topological polar surface area (TPSA) is 53.3 Å². The van der Waals surface area contributed by atoms with Crippen molar-refractivity contribution in [3.05, 3.63) is 12.2 Å². The molecule has 1 amide bonds. The number of likely N-dealkylation sites (tertiary alicyclic amines) is 1. The first kappa shape index (κ1) is 13.6. The molecule has 1 heterocycles. The summed E-state index contributed by atoms with van der Waals surface area (Å²) in [5.74, 6) is 0.261. The van der Waals surface area contributed by atoms with Crippen LogP contribution < -0.4 is 0 Å². The average molecular weight is 236 g/mol. The third-order valence-corrected chi connectivity index (χ3v) is 2.58. The number of carbonyl (C=O) groups excluding carboxylic acids is 1. The van der Waals surface area contributed by atoms with Gasteiger partial charge in [-0.2, -0.15) is 5.26 Å². The summed E-state index contributed by atoms with van der Waals surface area (Å²) in [6.45, 7) is 7.98. The van der Waals surface area contributed by atoms with Crippen LogP contribution in [0.25, 0.3) is 0 Å². The Balaban J connectivity index is 2.70. The van der Waals surface area contributed by atoms with E-state index in [1.54, 1.807) is 0 Å². The van der Waals surface area contributed by atoms with Crippen molar-refractivity contribution in [2.75, 3.05) is 6.54 Å². The molecule has 0 radical (unpaired) electrons. The summed E-state index contributed by atoms with van der Waals surface area (Å²) in [7, 11) is 0. The normalized spacial score (nSPS) is 25.0. The standard InChI is InChI=1S/C13H20N2O2/c1-5-6-10-7-11(8-14)15(9-10)12(16)17-13(2,3)4/h5-6,10-11H,7,9H2,1-4H3/b6-5-. The van der Waals surface area contributed by atoms with Gasteiger partial charge in [-0.25, -0.2) is 4.79 Å². The SMILES string of the molecule is C/C=C\C1CC(C#N)N(C(=O)OC(C)(C)C)C1. The molecule has 1 rings (SSSR count). The fourth-order valence-corrected chi connectivity index (χ4v) is 1.92. The first-order valence-corrected chi connectivity index (χ1v) is 5.89. The van der Waals surface area contributed by atoms with Crippen molar-refractivity contribution in [2.45, 2.75) is 45.8 Å². The van der Waals surface area contributed by atoms with Crippen molar-refractivity contribution < 1.29 is 9.53 Å². The van der Waals surface area contributed by atoms with Gasteiger partial charge in [0.1, 0.15) is 11.6 Å². The predicted molar refractivity (Wildman–Crippen MR) is 65.3 cm³/mol. The van der Waals surface area contributed by atoms with E-state index in [1.807, 2.05) is 39.8 Å². The highest BCUT2D eigenvalue weighted by Gasteiger charge is 2.36. The van der Waals surface area contributed by atoms with Gasteiger partial charge in [0.15, 0.2) is 0 Å². The van der Waals surface area contributed by atoms with Gasteiger partial charge in [-0.05, 0) is 40.0 Å². The van der Waals surface area contributed by atoms with E-state index in [9.17, 15) is 4.79 Å². The van der Waals surface area contributed by atoms with Crippen molar-refractivity contribution in [3.63, 3.8) is 0 Å². The van der Waals surface area contributed by atoms with Crippen molar-refractivity contribution in [2.24, 2.45) is 5.92 Å². The van der Waals surface area contributed by atoms with E-state index in [-0.39, 0.29) is 12.0 Å². The van der Waals surface area contributed by atoms with Crippen LogP contribution in [0.4, 0.5) is 4.79 Å². The quantitative estimate of drug-likeness (QED) is 0.658. The second-order valence-corrected chi connectivity index (χ2v) is 5.30. The lowest BCUT2D eigenvalue weighted by molar-refractivity contribution is 0.0256. The molecule has 0 aliphatic carbocycles. The highest BCUT2D eigenvalue weighted by Crippen LogP contribution is 2.25. The van der Waals surface area contributed by atoms with Crippen LogP contribution in [0, 0.1) is 17.2 Å². The zero-order valence-corrected chi connectivity index (χ0v) is 10.9. The highest BCUT2D eigenvalue weighted by atomic mass is 16.6. The summed E-state index contributed by atoms with van der Waals surface area (Å²) in [4.78, 5) is 13.4. The van der Waals surface area contributed by atoms with Crippen LogP contribution >= 0.6 is 0 Å². The second-order valence-electron chi connectivity index (χ2n) is 5.30. The number of hydrogen-bond acceptors (Lipinski definition) is 3. The third-order valence-electron chi connectivity index (χ3n) is 2.58. The number of rotatable bonds is 1. The first-order chi connectivity index (χ1) is 7.87. The van der Waals surface area contributed by atoms with Gasteiger partial charge in [0.2, 0.25) is 0 Å². The molecule has 0 spiro atoms. The first-order valence-electron chi connectivity index (χ1n) is 5.89. The molecule has 2 unspecified atom stereocenters. The Bertz CT molecular complexity index is 349. The van der Waals surface area contributed by atoms with Crippen LogP contribution in [0.15, 0.2) is 12.2 Å². The molecule has 1 aliphatic heterocycles. The molecule has 1 saturated heterocycles. The fraction of sp³-hybridized carbons (Fsp3) is 0.692. The molecule has 4 nitrogen and oxygen atoms in total. The largest absolute Gasteiger partial charge is 0.444 e. The van der Waals surface area contributed by atoms with Crippen LogP contribution in [0.2, 0.25) is 0 Å². The lowest BCUT2D eigenvalue weighted by atomic mass is 10.1. The summed E-state index contributed by atoms with van der Waals surface area (Å²) in [5.41, 5.74) is -0.518. The molecule has 2 atom stereocenters. The molecule has 1 fully saturated rings. The average Bonchev–Trinajstić information content (AvgIpc) is 2.59. The molecule has 0 aromatic heterocycles. The van der Waals surface area contributed by atoms with E-state index < -0.39 is 11.7 Å². The summed E-state index contributed by atoms with van der Waals surface area (Å²) in [6, 6.07) is 1.79. The van der Waals surface area contributed by atoms with Crippen LogP contribution in [-0.4, -0.2) is 29.2 Å². The van der Waals surface area contributed by atoms with Gasteiger partial charge < -0.3 is 4.74 Å². The zero-order chi connectivity index (χ0) is 13.1. The second kappa shape index (κ2) is 5.22. The maximum Gasteiger partial charge on any atom is 0.411 e. The van der Waals surface area contributed by atoms with E-state index in [0.29, 0.717) is 13.0 Å². The Labute approximate surface area is 103 Å². The summed E-state index contributed by atoms with van der Waals surface area (Å²) in [5, 5.41) is 9.05. The van der Waals surface area contributed by atoms with E-state index in [2.05, 4.69) is 6.07 Å². The van der Waals surface area contributed by atoms with Crippen molar-refractivity contribution >= 4 is 6.09 Å². The molecule has 17 heavy (non-hydrogen) atoms. The smallest absolute Gasteiger partial charge is 0.411 e. The van der Waals surface area contributed by atoms with Gasteiger partial charge >= 0.3 is 6.09 Å². The molecule has 0 N–H and O–H groups in total. The summed E-state index contributed by atoms with van der Waals surface area (Å²) >= 11 is 0. The Morgan fingerprint density at radius 1 is 1.53 bits per heavy atom. The Kier molecular flexibility index (Phi) is 4.17.